The molecule has 2 aliphatic heterocycles. The minimum atomic E-state index is -0.718. The summed E-state index contributed by atoms with van der Waals surface area (Å²) >= 11 is 0. The van der Waals surface area contributed by atoms with Crippen molar-refractivity contribution in [1.82, 2.24) is 19.6 Å². The van der Waals surface area contributed by atoms with Gasteiger partial charge in [0.2, 0.25) is 0 Å². The Balaban J connectivity index is 1.82. The van der Waals surface area contributed by atoms with Crippen molar-refractivity contribution in [3.05, 3.63) is 28.5 Å². The lowest BCUT2D eigenvalue weighted by molar-refractivity contribution is -0.163. The molecule has 2 unspecified atom stereocenters. The van der Waals surface area contributed by atoms with Gasteiger partial charge in [-0.1, -0.05) is 9.39 Å². The van der Waals surface area contributed by atoms with Crippen LogP contribution in [0.5, 0.6) is 0 Å². The Morgan fingerprint density at radius 2 is 2.20 bits per heavy atom. The third-order valence-electron chi connectivity index (χ3n) is 4.68. The number of hydrogen-bond donors (Lipinski definition) is 2. The highest BCUT2D eigenvalue weighted by Crippen LogP contribution is 2.49. The zero-order valence-corrected chi connectivity index (χ0v) is 14.9. The van der Waals surface area contributed by atoms with Gasteiger partial charge in [0, 0.05) is 16.7 Å². The fourth-order valence-corrected chi connectivity index (χ4v) is 4.32. The van der Waals surface area contributed by atoms with E-state index in [0.29, 0.717) is 11.0 Å². The highest BCUT2D eigenvalue weighted by atomic mass is 31.0. The smallest absolute Gasteiger partial charge is 0.163 e. The van der Waals surface area contributed by atoms with E-state index in [1.807, 2.05) is 24.7 Å². The molecule has 4 heterocycles. The maximum absolute atomic E-state index is 9.82. The fraction of sp³-hybridized carbons (Fsp3) is 0.571. The lowest BCUT2D eigenvalue weighted by Gasteiger charge is -2.29. The molecular formula is C14H18N7O3P. The number of azide groups is 1. The van der Waals surface area contributed by atoms with Crippen molar-refractivity contribution in [2.45, 2.75) is 43.9 Å². The Bertz CT molecular complexity index is 865. The topological polar surface area (TPSA) is 132 Å². The van der Waals surface area contributed by atoms with E-state index >= 15 is 0 Å². The molecule has 5 atom stereocenters. The van der Waals surface area contributed by atoms with Gasteiger partial charge in [-0.2, -0.15) is 0 Å². The van der Waals surface area contributed by atoms with Crippen LogP contribution in [-0.2, 0) is 9.47 Å². The molecule has 2 N–H and O–H groups in total. The summed E-state index contributed by atoms with van der Waals surface area (Å²) in [5.41, 5.74) is 10.8. The predicted molar refractivity (Wildman–Crippen MR) is 91.7 cm³/mol. The molecular weight excluding hydrogens is 345 g/mol. The van der Waals surface area contributed by atoms with Gasteiger partial charge in [-0.3, -0.25) is 4.67 Å². The van der Waals surface area contributed by atoms with Crippen molar-refractivity contribution in [2.75, 3.05) is 6.61 Å². The van der Waals surface area contributed by atoms with E-state index in [-0.39, 0.29) is 36.7 Å². The Morgan fingerprint density at radius 3 is 2.92 bits per heavy atom. The van der Waals surface area contributed by atoms with E-state index in [0.717, 1.165) is 5.56 Å². The van der Waals surface area contributed by atoms with Crippen LogP contribution in [0, 0.1) is 0 Å². The van der Waals surface area contributed by atoms with Crippen LogP contribution in [0.2, 0.25) is 0 Å². The average Bonchev–Trinajstić information content (AvgIpc) is 3.17. The molecule has 0 aromatic carbocycles. The first-order valence-corrected chi connectivity index (χ1v) is 8.35. The van der Waals surface area contributed by atoms with Gasteiger partial charge in [-0.05, 0) is 24.5 Å². The molecule has 25 heavy (non-hydrogen) atoms. The van der Waals surface area contributed by atoms with Crippen LogP contribution in [0.4, 0.5) is 5.82 Å². The highest BCUT2D eigenvalue weighted by Gasteiger charge is 2.57. The van der Waals surface area contributed by atoms with Crippen molar-refractivity contribution < 1.29 is 14.6 Å². The number of aromatic nitrogens is 3. The standard InChI is InChI=1S/C14H18N7O3P/c1-14(2)23-11-7(4-22)21(25)10(12(11)24-14)6-3-16-9-8(6)17-5-18-13(9)19-20-15/h3,5,7,10-12,16,22H,4,25H2,1-2H3/t7-,10+,11-,12?/m1/s1. The Kier molecular flexibility index (Phi) is 3.92. The molecule has 132 valence electrons. The number of nitrogens with zero attached hydrogens (tertiary/aromatic N) is 6. The molecule has 11 heteroatoms. The normalized spacial score (nSPS) is 31.2. The molecule has 0 spiro atoms. The predicted octanol–water partition coefficient (Wildman–Crippen LogP) is 1.93. The van der Waals surface area contributed by atoms with E-state index in [9.17, 15) is 5.11 Å². The number of ether oxygens (including phenoxy) is 2. The molecule has 0 radical (unpaired) electrons. The molecule has 0 aliphatic carbocycles. The lowest BCUT2D eigenvalue weighted by atomic mass is 10.0. The van der Waals surface area contributed by atoms with Crippen molar-refractivity contribution >= 4 is 26.2 Å². The zero-order chi connectivity index (χ0) is 17.8. The first kappa shape index (κ1) is 16.7. The summed E-state index contributed by atoms with van der Waals surface area (Å²) in [6, 6.07) is -0.415. The van der Waals surface area contributed by atoms with E-state index in [1.165, 1.54) is 6.33 Å². The van der Waals surface area contributed by atoms with Crippen molar-refractivity contribution in [1.29, 1.82) is 0 Å². The summed E-state index contributed by atoms with van der Waals surface area (Å²) in [6.45, 7) is 3.67. The van der Waals surface area contributed by atoms with Crippen molar-refractivity contribution in [3.8, 4) is 0 Å². The Hall–Kier alpha value is -1.80. The summed E-state index contributed by atoms with van der Waals surface area (Å²) in [5, 5.41) is 13.4. The van der Waals surface area contributed by atoms with Gasteiger partial charge in [0.1, 0.15) is 18.5 Å². The van der Waals surface area contributed by atoms with Crippen LogP contribution in [0.25, 0.3) is 21.5 Å². The summed E-state index contributed by atoms with van der Waals surface area (Å²) < 4.78 is 14.1. The first-order chi connectivity index (χ1) is 12.0. The van der Waals surface area contributed by atoms with Crippen LogP contribution in [0.1, 0.15) is 25.5 Å². The summed E-state index contributed by atoms with van der Waals surface area (Å²) in [6.07, 6.45) is 2.65. The molecule has 0 bridgehead atoms. The van der Waals surface area contributed by atoms with Crippen LogP contribution >= 0.6 is 9.39 Å². The minimum absolute atomic E-state index is 0.0536. The van der Waals surface area contributed by atoms with Crippen LogP contribution < -0.4 is 0 Å². The number of fused-ring (bicyclic) bond motifs is 2. The Labute approximate surface area is 145 Å². The third kappa shape index (κ3) is 2.50. The molecule has 2 fully saturated rings. The zero-order valence-electron chi connectivity index (χ0n) is 13.7. The van der Waals surface area contributed by atoms with Crippen molar-refractivity contribution in [3.63, 3.8) is 0 Å². The second-order valence-electron chi connectivity index (χ2n) is 6.56. The largest absolute Gasteiger partial charge is 0.395 e. The maximum atomic E-state index is 9.82. The fourth-order valence-electron chi connectivity index (χ4n) is 3.73. The summed E-state index contributed by atoms with van der Waals surface area (Å²) in [5.74, 6) is -0.476. The minimum Gasteiger partial charge on any atom is -0.395 e. The monoisotopic (exact) mass is 363 g/mol. The molecule has 2 saturated heterocycles. The van der Waals surface area contributed by atoms with Crippen LogP contribution in [0.3, 0.4) is 0 Å². The van der Waals surface area contributed by atoms with E-state index in [2.05, 4.69) is 34.4 Å². The molecule has 4 rings (SSSR count). The van der Waals surface area contributed by atoms with Gasteiger partial charge in [0.15, 0.2) is 11.6 Å². The molecule has 10 nitrogen and oxygen atoms in total. The number of hydrogen-bond acceptors (Lipinski definition) is 7. The van der Waals surface area contributed by atoms with Gasteiger partial charge < -0.3 is 19.6 Å². The number of aliphatic hydroxyl groups is 1. The van der Waals surface area contributed by atoms with Gasteiger partial charge in [0.25, 0.3) is 0 Å². The van der Waals surface area contributed by atoms with Gasteiger partial charge in [-0.15, -0.1) is 0 Å². The van der Waals surface area contributed by atoms with E-state index in [1.54, 1.807) is 0 Å². The molecule has 2 aromatic heterocycles. The maximum Gasteiger partial charge on any atom is 0.163 e. The number of nitrogens with one attached hydrogen (secondary N) is 1. The average molecular weight is 363 g/mol. The van der Waals surface area contributed by atoms with Crippen LogP contribution in [-0.4, -0.2) is 55.4 Å². The van der Waals surface area contributed by atoms with Crippen LogP contribution in [0.15, 0.2) is 17.6 Å². The van der Waals surface area contributed by atoms with Gasteiger partial charge in [0.05, 0.1) is 29.7 Å². The third-order valence-corrected chi connectivity index (χ3v) is 5.38. The summed E-state index contributed by atoms with van der Waals surface area (Å²) in [4.78, 5) is 14.2. The van der Waals surface area contributed by atoms with Gasteiger partial charge in [-0.25, -0.2) is 9.97 Å². The number of aromatic amines is 1. The number of rotatable bonds is 3. The number of aliphatic hydroxyl groups excluding tert-OH is 1. The SMILES string of the molecule is CC1(C)OC2[C@H](O1)[C@@H](CO)N(P)[C@H]2c1c[nH]c2c(N=[N+]=[N-])ncnc12. The molecule has 2 aromatic rings. The summed E-state index contributed by atoms with van der Waals surface area (Å²) in [7, 11) is 2.65. The van der Waals surface area contributed by atoms with E-state index < -0.39 is 5.79 Å². The van der Waals surface area contributed by atoms with Gasteiger partial charge >= 0.3 is 0 Å². The molecule has 0 saturated carbocycles. The molecule has 0 amide bonds. The number of H-pyrrole nitrogens is 1. The van der Waals surface area contributed by atoms with E-state index in [4.69, 9.17) is 15.0 Å². The molecule has 2 aliphatic rings. The van der Waals surface area contributed by atoms with Crippen molar-refractivity contribution in [2.24, 2.45) is 5.11 Å². The second-order valence-corrected chi connectivity index (χ2v) is 7.16. The quantitative estimate of drug-likeness (QED) is 0.371. The Morgan fingerprint density at radius 1 is 1.44 bits per heavy atom. The highest BCUT2D eigenvalue weighted by molar-refractivity contribution is 7.13. The first-order valence-electron chi connectivity index (χ1n) is 7.83. The lowest BCUT2D eigenvalue weighted by Crippen LogP contribution is -2.36. The second kappa shape index (κ2) is 5.88.